The first kappa shape index (κ1) is 20.5. The third kappa shape index (κ3) is 3.71. The number of aromatic nitrogens is 5. The average molecular weight is 449 g/mol. The highest BCUT2D eigenvalue weighted by Gasteiger charge is 2.24. The molecule has 164 valence electrons. The van der Waals surface area contributed by atoms with Gasteiger partial charge in [-0.2, -0.15) is 0 Å². The maximum absolute atomic E-state index is 11.4. The Hall–Kier alpha value is -3.37. The molecular weight excluding hydrogens is 424 g/mol. The Kier molecular flexibility index (Phi) is 5.32. The van der Waals surface area contributed by atoms with E-state index in [9.17, 15) is 4.79 Å². The number of primary amides is 1. The fourth-order valence-electron chi connectivity index (χ4n) is 4.17. The predicted molar refractivity (Wildman–Crippen MR) is 125 cm³/mol. The molecule has 1 aliphatic carbocycles. The predicted octanol–water partition coefficient (Wildman–Crippen LogP) is 3.06. The summed E-state index contributed by atoms with van der Waals surface area (Å²) in [4.78, 5) is 20.5. The lowest BCUT2D eigenvalue weighted by Gasteiger charge is -2.23. The molecule has 9 nitrogen and oxygen atoms in total. The van der Waals surface area contributed by atoms with E-state index in [0.29, 0.717) is 29.0 Å². The van der Waals surface area contributed by atoms with E-state index < -0.39 is 5.91 Å². The Morgan fingerprint density at radius 1 is 1.16 bits per heavy atom. The van der Waals surface area contributed by atoms with Crippen molar-refractivity contribution in [1.82, 2.24) is 24.7 Å². The van der Waals surface area contributed by atoms with Crippen molar-refractivity contribution < 1.29 is 4.79 Å². The summed E-state index contributed by atoms with van der Waals surface area (Å²) in [6.07, 6.45) is 9.38. The van der Waals surface area contributed by atoms with Gasteiger partial charge in [0.05, 0.1) is 11.1 Å². The van der Waals surface area contributed by atoms with E-state index in [1.165, 1.54) is 6.20 Å². The van der Waals surface area contributed by atoms with Crippen molar-refractivity contribution in [2.45, 2.75) is 37.6 Å². The van der Waals surface area contributed by atoms with E-state index >= 15 is 0 Å². The Bertz CT molecular complexity index is 1290. The monoisotopic (exact) mass is 448 g/mol. The first-order chi connectivity index (χ1) is 15.5. The van der Waals surface area contributed by atoms with Gasteiger partial charge in [0.1, 0.15) is 16.5 Å². The first-order valence-corrected chi connectivity index (χ1v) is 11.4. The minimum Gasteiger partial charge on any atom is -0.387 e. The number of hydrogen-bond donors (Lipinski definition) is 3. The second kappa shape index (κ2) is 8.29. The maximum atomic E-state index is 11.4. The molecule has 0 aliphatic heterocycles. The smallest absolute Gasteiger partial charge is 0.250 e. The van der Waals surface area contributed by atoms with Crippen LogP contribution in [-0.2, 0) is 0 Å². The molecule has 0 atom stereocenters. The molecule has 1 amide bonds. The van der Waals surface area contributed by atoms with Crippen LogP contribution >= 0.6 is 11.3 Å². The highest BCUT2D eigenvalue weighted by Crippen LogP contribution is 2.38. The molecule has 0 unspecified atom stereocenters. The number of carbonyl (C=O) groups excluding carboxylic acids is 1. The standard InChI is InChI=1S/C22H24N8OS/c1-25-17-9-18(30-7-6-13-8-14(19(24)31)10-27-20(13)30)26-11-16(17)22-29-28-21(32-22)12-2-4-15(23)5-3-12/h6-12,15H,2-5,23H2,1H3,(H2,24,31)(H,25,26)/t12-,15-. The summed E-state index contributed by atoms with van der Waals surface area (Å²) >= 11 is 1.63. The van der Waals surface area contributed by atoms with Crippen LogP contribution in [0.2, 0.25) is 0 Å². The molecule has 4 heterocycles. The van der Waals surface area contributed by atoms with E-state index in [0.717, 1.165) is 52.3 Å². The molecule has 1 aliphatic rings. The summed E-state index contributed by atoms with van der Waals surface area (Å²) in [5.41, 5.74) is 14.3. The summed E-state index contributed by atoms with van der Waals surface area (Å²) in [6, 6.07) is 5.89. The zero-order chi connectivity index (χ0) is 22.2. The number of pyridine rings is 2. The van der Waals surface area contributed by atoms with Crippen LogP contribution in [0.25, 0.3) is 27.4 Å². The van der Waals surface area contributed by atoms with E-state index in [-0.39, 0.29) is 0 Å². The van der Waals surface area contributed by atoms with Crippen molar-refractivity contribution >= 4 is 34.0 Å². The molecule has 0 radical (unpaired) electrons. The van der Waals surface area contributed by atoms with Crippen molar-refractivity contribution in [1.29, 1.82) is 0 Å². The minimum absolute atomic E-state index is 0.313. The normalized spacial score (nSPS) is 18.7. The second-order valence-electron chi connectivity index (χ2n) is 8.08. The summed E-state index contributed by atoms with van der Waals surface area (Å²) < 4.78 is 1.88. The van der Waals surface area contributed by atoms with Gasteiger partial charge in [-0.05, 0) is 37.8 Å². The van der Waals surface area contributed by atoms with Gasteiger partial charge in [0.2, 0.25) is 5.91 Å². The van der Waals surface area contributed by atoms with Crippen molar-refractivity contribution in [3.8, 4) is 16.4 Å². The third-order valence-electron chi connectivity index (χ3n) is 6.01. The van der Waals surface area contributed by atoms with Crippen LogP contribution in [0.3, 0.4) is 0 Å². The lowest BCUT2D eigenvalue weighted by molar-refractivity contribution is 0.1000. The topological polar surface area (TPSA) is 138 Å². The zero-order valence-electron chi connectivity index (χ0n) is 17.7. The van der Waals surface area contributed by atoms with Gasteiger partial charge in [-0.1, -0.05) is 11.3 Å². The molecule has 10 heteroatoms. The number of anilines is 1. The van der Waals surface area contributed by atoms with Crippen LogP contribution in [0.1, 0.15) is 47.0 Å². The van der Waals surface area contributed by atoms with Crippen molar-refractivity contribution in [3.05, 3.63) is 47.4 Å². The van der Waals surface area contributed by atoms with Crippen LogP contribution in [0.4, 0.5) is 5.69 Å². The van der Waals surface area contributed by atoms with Gasteiger partial charge < -0.3 is 16.8 Å². The molecule has 0 spiro atoms. The van der Waals surface area contributed by atoms with Gasteiger partial charge in [0.15, 0.2) is 5.01 Å². The molecule has 4 aromatic rings. The summed E-state index contributed by atoms with van der Waals surface area (Å²) in [6.45, 7) is 0. The van der Waals surface area contributed by atoms with E-state index in [2.05, 4.69) is 25.5 Å². The van der Waals surface area contributed by atoms with E-state index in [1.807, 2.05) is 36.1 Å². The Morgan fingerprint density at radius 3 is 2.72 bits per heavy atom. The molecule has 1 fully saturated rings. The van der Waals surface area contributed by atoms with Crippen LogP contribution in [-0.4, -0.2) is 43.7 Å². The fourth-order valence-corrected chi connectivity index (χ4v) is 5.21. The molecule has 32 heavy (non-hydrogen) atoms. The van der Waals surface area contributed by atoms with Gasteiger partial charge in [-0.25, -0.2) is 9.97 Å². The Balaban J connectivity index is 1.46. The highest BCUT2D eigenvalue weighted by atomic mass is 32.1. The van der Waals surface area contributed by atoms with Gasteiger partial charge in [0, 0.05) is 54.7 Å². The number of nitrogens with zero attached hydrogens (tertiary/aromatic N) is 5. The third-order valence-corrected chi connectivity index (χ3v) is 7.13. The van der Waals surface area contributed by atoms with Crippen LogP contribution in [0.5, 0.6) is 0 Å². The number of amides is 1. The summed E-state index contributed by atoms with van der Waals surface area (Å²) in [5.74, 6) is 0.645. The Labute approximate surface area is 188 Å². The SMILES string of the molecule is CNc1cc(-n2ccc3cc(C(N)=O)cnc32)ncc1-c1nnc([C@H]2CC[C@H](N)CC2)s1. The molecule has 0 saturated heterocycles. The lowest BCUT2D eigenvalue weighted by Crippen LogP contribution is -2.25. The molecular formula is C22H24N8OS. The Morgan fingerprint density at radius 2 is 1.97 bits per heavy atom. The maximum Gasteiger partial charge on any atom is 0.250 e. The molecule has 1 saturated carbocycles. The van der Waals surface area contributed by atoms with Crippen molar-refractivity contribution in [3.63, 3.8) is 0 Å². The van der Waals surface area contributed by atoms with Gasteiger partial charge in [-0.15, -0.1) is 10.2 Å². The molecule has 5 rings (SSSR count). The molecule has 0 bridgehead atoms. The van der Waals surface area contributed by atoms with Gasteiger partial charge >= 0.3 is 0 Å². The number of hydrogen-bond acceptors (Lipinski definition) is 8. The number of nitrogens with two attached hydrogens (primary N) is 2. The number of carbonyl (C=O) groups is 1. The summed E-state index contributed by atoms with van der Waals surface area (Å²) in [7, 11) is 1.87. The highest BCUT2D eigenvalue weighted by molar-refractivity contribution is 7.14. The number of nitrogens with one attached hydrogen (secondary N) is 1. The molecule has 4 aromatic heterocycles. The van der Waals surface area contributed by atoms with E-state index in [1.54, 1.807) is 17.4 Å². The quantitative estimate of drug-likeness (QED) is 0.426. The van der Waals surface area contributed by atoms with E-state index in [4.69, 9.17) is 11.5 Å². The zero-order valence-corrected chi connectivity index (χ0v) is 18.5. The minimum atomic E-state index is -0.500. The number of fused-ring (bicyclic) bond motifs is 1. The van der Waals surface area contributed by atoms with Gasteiger partial charge in [0.25, 0.3) is 0 Å². The molecule has 5 N–H and O–H groups in total. The second-order valence-corrected chi connectivity index (χ2v) is 9.09. The van der Waals surface area contributed by atoms with Crippen molar-refractivity contribution in [2.24, 2.45) is 11.5 Å². The molecule has 0 aromatic carbocycles. The summed E-state index contributed by atoms with van der Waals surface area (Å²) in [5, 5.41) is 14.9. The average Bonchev–Trinajstić information content (AvgIpc) is 3.46. The van der Waals surface area contributed by atoms with Crippen molar-refractivity contribution in [2.75, 3.05) is 12.4 Å². The lowest BCUT2D eigenvalue weighted by atomic mass is 9.87. The number of rotatable bonds is 5. The van der Waals surface area contributed by atoms with Crippen LogP contribution in [0, 0.1) is 0 Å². The first-order valence-electron chi connectivity index (χ1n) is 10.6. The van der Waals surface area contributed by atoms with Crippen LogP contribution in [0.15, 0.2) is 36.8 Å². The van der Waals surface area contributed by atoms with Gasteiger partial charge in [-0.3, -0.25) is 9.36 Å². The largest absolute Gasteiger partial charge is 0.387 e. The fraction of sp³-hybridized carbons (Fsp3) is 0.318. The van der Waals surface area contributed by atoms with Crippen LogP contribution < -0.4 is 16.8 Å².